The Labute approximate surface area is 105 Å². The number of rotatable bonds is 6. The average molecular weight is 252 g/mol. The molecule has 18 heavy (non-hydrogen) atoms. The number of methoxy groups -OCH3 is 1. The number of hydrogen-bond donors (Lipinski definition) is 2. The first kappa shape index (κ1) is 12.6. The van der Waals surface area contributed by atoms with Crippen LogP contribution in [0, 0.1) is 15.5 Å². The number of aliphatic hydroxyl groups is 1. The Morgan fingerprint density at radius 1 is 1.56 bits per heavy atom. The van der Waals surface area contributed by atoms with Crippen molar-refractivity contribution in [2.24, 2.45) is 5.41 Å². The monoisotopic (exact) mass is 252 g/mol. The molecular weight excluding hydrogens is 236 g/mol. The molecule has 1 aromatic rings. The molecule has 0 aliphatic heterocycles. The molecule has 1 fully saturated rings. The maximum Gasteiger partial charge on any atom is 0.296 e. The smallest absolute Gasteiger partial charge is 0.296 e. The van der Waals surface area contributed by atoms with Crippen LogP contribution in [0.5, 0.6) is 5.75 Å². The first-order valence-electron chi connectivity index (χ1n) is 5.77. The molecule has 0 atom stereocenters. The van der Waals surface area contributed by atoms with Crippen molar-refractivity contribution in [1.29, 1.82) is 0 Å². The maximum atomic E-state index is 11.0. The highest BCUT2D eigenvalue weighted by Crippen LogP contribution is 2.45. The zero-order valence-electron chi connectivity index (χ0n) is 10.2. The Hall–Kier alpha value is -1.82. The molecule has 0 heterocycles. The topological polar surface area (TPSA) is 84.6 Å². The quantitative estimate of drug-likeness (QED) is 0.595. The van der Waals surface area contributed by atoms with Crippen molar-refractivity contribution in [1.82, 2.24) is 0 Å². The average Bonchev–Trinajstić information content (AvgIpc) is 3.16. The van der Waals surface area contributed by atoms with Crippen molar-refractivity contribution in [3.8, 4) is 5.75 Å². The van der Waals surface area contributed by atoms with Gasteiger partial charge in [-0.05, 0) is 25.0 Å². The lowest BCUT2D eigenvalue weighted by Gasteiger charge is -2.14. The summed E-state index contributed by atoms with van der Waals surface area (Å²) < 4.78 is 4.97. The van der Waals surface area contributed by atoms with E-state index in [0.717, 1.165) is 12.8 Å². The van der Waals surface area contributed by atoms with Gasteiger partial charge in [-0.2, -0.15) is 0 Å². The Balaban J connectivity index is 2.14. The third kappa shape index (κ3) is 2.53. The molecule has 2 N–H and O–H groups in total. The fraction of sp³-hybridized carbons (Fsp3) is 0.500. The molecule has 0 spiro atoms. The summed E-state index contributed by atoms with van der Waals surface area (Å²) in [4.78, 5) is 10.5. The van der Waals surface area contributed by atoms with E-state index in [4.69, 9.17) is 4.74 Å². The molecule has 1 saturated carbocycles. The number of benzene rings is 1. The van der Waals surface area contributed by atoms with E-state index in [0.29, 0.717) is 18.0 Å². The minimum absolute atomic E-state index is 0.0110. The van der Waals surface area contributed by atoms with Gasteiger partial charge >= 0.3 is 0 Å². The van der Waals surface area contributed by atoms with E-state index in [1.165, 1.54) is 13.2 Å². The van der Waals surface area contributed by atoms with Gasteiger partial charge in [0.2, 0.25) is 0 Å². The van der Waals surface area contributed by atoms with Gasteiger partial charge in [0, 0.05) is 12.0 Å². The summed E-state index contributed by atoms with van der Waals surface area (Å²) in [5.41, 5.74) is 0.358. The molecule has 6 heteroatoms. The van der Waals surface area contributed by atoms with E-state index in [2.05, 4.69) is 5.32 Å². The second-order valence-electron chi connectivity index (χ2n) is 4.65. The Kier molecular flexibility index (Phi) is 3.38. The molecule has 0 unspecified atom stereocenters. The van der Waals surface area contributed by atoms with Gasteiger partial charge in [-0.15, -0.1) is 0 Å². The lowest BCUT2D eigenvalue weighted by atomic mass is 10.1. The van der Waals surface area contributed by atoms with Crippen molar-refractivity contribution >= 4 is 11.4 Å². The molecule has 0 amide bonds. The Morgan fingerprint density at radius 3 is 2.78 bits per heavy atom. The minimum Gasteiger partial charge on any atom is -0.496 e. The molecule has 1 aromatic carbocycles. The number of hydrogen-bond acceptors (Lipinski definition) is 5. The standard InChI is InChI=1S/C12H16N2O4/c1-18-9-2-3-10(11(6-9)14(16)17)13-7-12(8-15)4-5-12/h2-3,6,13,15H,4-5,7-8H2,1H3. The van der Waals surface area contributed by atoms with Crippen molar-refractivity contribution < 1.29 is 14.8 Å². The molecule has 0 saturated heterocycles. The fourth-order valence-electron chi connectivity index (χ4n) is 1.79. The van der Waals surface area contributed by atoms with Gasteiger partial charge in [0.05, 0.1) is 24.7 Å². The molecule has 0 radical (unpaired) electrons. The normalized spacial score (nSPS) is 16.1. The van der Waals surface area contributed by atoms with Crippen molar-refractivity contribution in [3.05, 3.63) is 28.3 Å². The van der Waals surface area contributed by atoms with Crippen molar-refractivity contribution in [2.45, 2.75) is 12.8 Å². The van der Waals surface area contributed by atoms with E-state index < -0.39 is 4.92 Å². The van der Waals surface area contributed by atoms with Gasteiger partial charge in [-0.1, -0.05) is 0 Å². The summed E-state index contributed by atoms with van der Waals surface area (Å²) in [6, 6.07) is 4.69. The summed E-state index contributed by atoms with van der Waals surface area (Å²) >= 11 is 0. The predicted octanol–water partition coefficient (Wildman–Crippen LogP) is 1.79. The van der Waals surface area contributed by atoms with Gasteiger partial charge in [-0.3, -0.25) is 10.1 Å². The second-order valence-corrected chi connectivity index (χ2v) is 4.65. The van der Waals surface area contributed by atoms with E-state index in [1.54, 1.807) is 12.1 Å². The number of nitro benzene ring substituents is 1. The van der Waals surface area contributed by atoms with Crippen LogP contribution in [0.3, 0.4) is 0 Å². The van der Waals surface area contributed by atoms with E-state index >= 15 is 0 Å². The molecule has 6 nitrogen and oxygen atoms in total. The highest BCUT2D eigenvalue weighted by molar-refractivity contribution is 5.64. The predicted molar refractivity (Wildman–Crippen MR) is 66.9 cm³/mol. The molecular formula is C12H16N2O4. The molecule has 0 aromatic heterocycles. The summed E-state index contributed by atoms with van der Waals surface area (Å²) in [5, 5.41) is 23.2. The van der Waals surface area contributed by atoms with Crippen LogP contribution >= 0.6 is 0 Å². The third-order valence-corrected chi connectivity index (χ3v) is 3.35. The Morgan fingerprint density at radius 2 is 2.28 bits per heavy atom. The van der Waals surface area contributed by atoms with Crippen molar-refractivity contribution in [2.75, 3.05) is 25.6 Å². The molecule has 0 bridgehead atoms. The molecule has 1 aliphatic carbocycles. The SMILES string of the molecule is COc1ccc(NCC2(CO)CC2)c([N+](=O)[O-])c1. The van der Waals surface area contributed by atoms with Crippen LogP contribution in [-0.2, 0) is 0 Å². The highest BCUT2D eigenvalue weighted by Gasteiger charge is 2.41. The van der Waals surface area contributed by atoms with Crippen LogP contribution in [-0.4, -0.2) is 30.3 Å². The Bertz CT molecular complexity index is 457. The van der Waals surface area contributed by atoms with Crippen molar-refractivity contribution in [3.63, 3.8) is 0 Å². The zero-order valence-corrected chi connectivity index (χ0v) is 10.2. The largest absolute Gasteiger partial charge is 0.496 e. The van der Waals surface area contributed by atoms with Gasteiger partial charge < -0.3 is 15.2 Å². The van der Waals surface area contributed by atoms with Gasteiger partial charge in [0.1, 0.15) is 11.4 Å². The third-order valence-electron chi connectivity index (χ3n) is 3.35. The number of nitrogens with zero attached hydrogens (tertiary/aromatic N) is 1. The number of nitro groups is 1. The summed E-state index contributed by atoms with van der Waals surface area (Å²) in [6.07, 6.45) is 1.92. The second kappa shape index (κ2) is 4.81. The highest BCUT2D eigenvalue weighted by atomic mass is 16.6. The van der Waals surface area contributed by atoms with Gasteiger partial charge in [-0.25, -0.2) is 0 Å². The summed E-state index contributed by atoms with van der Waals surface area (Å²) in [6.45, 7) is 0.667. The molecule has 1 aliphatic rings. The van der Waals surface area contributed by atoms with Gasteiger partial charge in [0.15, 0.2) is 0 Å². The number of nitrogens with one attached hydrogen (secondary N) is 1. The van der Waals surface area contributed by atoms with E-state index in [9.17, 15) is 15.2 Å². The van der Waals surface area contributed by atoms with Crippen LogP contribution in [0.25, 0.3) is 0 Å². The molecule has 2 rings (SSSR count). The van der Waals surface area contributed by atoms with Crippen LogP contribution in [0.2, 0.25) is 0 Å². The lowest BCUT2D eigenvalue weighted by Crippen LogP contribution is -2.19. The zero-order chi connectivity index (χ0) is 13.2. The van der Waals surface area contributed by atoms with Crippen LogP contribution in [0.1, 0.15) is 12.8 Å². The fourth-order valence-corrected chi connectivity index (χ4v) is 1.79. The first-order valence-corrected chi connectivity index (χ1v) is 5.77. The molecule has 98 valence electrons. The van der Waals surface area contributed by atoms with E-state index in [-0.39, 0.29) is 17.7 Å². The maximum absolute atomic E-state index is 11.0. The number of anilines is 1. The van der Waals surface area contributed by atoms with Crippen LogP contribution in [0.4, 0.5) is 11.4 Å². The lowest BCUT2D eigenvalue weighted by molar-refractivity contribution is -0.384. The summed E-state index contributed by atoms with van der Waals surface area (Å²) in [5.74, 6) is 0.454. The van der Waals surface area contributed by atoms with Crippen LogP contribution in [0.15, 0.2) is 18.2 Å². The van der Waals surface area contributed by atoms with E-state index in [1.807, 2.05) is 0 Å². The number of ether oxygens (including phenoxy) is 1. The minimum atomic E-state index is -0.441. The summed E-state index contributed by atoms with van der Waals surface area (Å²) in [7, 11) is 1.47. The number of aliphatic hydroxyl groups excluding tert-OH is 1. The van der Waals surface area contributed by atoms with Crippen LogP contribution < -0.4 is 10.1 Å². The van der Waals surface area contributed by atoms with Gasteiger partial charge in [0.25, 0.3) is 5.69 Å². The first-order chi connectivity index (χ1) is 8.60.